The van der Waals surface area contributed by atoms with Gasteiger partial charge in [0.25, 0.3) is 0 Å². The van der Waals surface area contributed by atoms with Crippen molar-refractivity contribution in [2.24, 2.45) is 0 Å². The van der Waals surface area contributed by atoms with E-state index in [1.807, 2.05) is 6.07 Å². The lowest BCUT2D eigenvalue weighted by Crippen LogP contribution is -2.57. The van der Waals surface area contributed by atoms with Crippen molar-refractivity contribution in [1.29, 1.82) is 0 Å². The maximum Gasteiger partial charge on any atom is 0.243 e. The maximum absolute atomic E-state index is 13.1. The van der Waals surface area contributed by atoms with E-state index in [4.69, 9.17) is 4.74 Å². The van der Waals surface area contributed by atoms with Gasteiger partial charge in [0.15, 0.2) is 0 Å². The molecular weight excluding hydrogens is 366 g/mol. The van der Waals surface area contributed by atoms with Gasteiger partial charge in [-0.2, -0.15) is 4.31 Å². The molecular formula is C19H27N3O4S. The fraction of sp³-hybridized carbons (Fsp3) is 0.632. The van der Waals surface area contributed by atoms with Crippen LogP contribution in [0.5, 0.6) is 0 Å². The molecule has 2 bridgehead atoms. The van der Waals surface area contributed by atoms with E-state index in [9.17, 15) is 13.2 Å². The number of amides is 1. The van der Waals surface area contributed by atoms with Crippen molar-refractivity contribution in [2.75, 3.05) is 32.8 Å². The third-order valence-electron chi connectivity index (χ3n) is 5.83. The first-order valence-electron chi connectivity index (χ1n) is 9.73. The van der Waals surface area contributed by atoms with Crippen molar-refractivity contribution in [1.82, 2.24) is 14.5 Å². The molecule has 7 nitrogen and oxygen atoms in total. The summed E-state index contributed by atoms with van der Waals surface area (Å²) >= 11 is 0. The fourth-order valence-corrected chi connectivity index (χ4v) is 6.04. The van der Waals surface area contributed by atoms with E-state index in [-0.39, 0.29) is 24.1 Å². The fourth-order valence-electron chi connectivity index (χ4n) is 4.34. The summed E-state index contributed by atoms with van der Waals surface area (Å²) in [4.78, 5) is 14.8. The Balaban J connectivity index is 1.40. The van der Waals surface area contributed by atoms with Crippen molar-refractivity contribution < 1.29 is 17.9 Å². The second-order valence-corrected chi connectivity index (χ2v) is 9.51. The van der Waals surface area contributed by atoms with Crippen molar-refractivity contribution >= 4 is 15.9 Å². The summed E-state index contributed by atoms with van der Waals surface area (Å²) in [6.07, 6.45) is 3.21. The van der Waals surface area contributed by atoms with Gasteiger partial charge in [-0.05, 0) is 31.4 Å². The molecule has 0 spiro atoms. The number of hydrogen-bond acceptors (Lipinski definition) is 5. The molecule has 3 fully saturated rings. The number of carbonyl (C=O) groups is 1. The van der Waals surface area contributed by atoms with Gasteiger partial charge in [-0.3, -0.25) is 9.69 Å². The number of nitrogens with zero attached hydrogens (tertiary/aromatic N) is 2. The molecule has 1 aromatic carbocycles. The smallest absolute Gasteiger partial charge is 0.243 e. The molecule has 4 rings (SSSR count). The van der Waals surface area contributed by atoms with Crippen molar-refractivity contribution in [3.63, 3.8) is 0 Å². The summed E-state index contributed by atoms with van der Waals surface area (Å²) in [5.74, 6) is -0.0133. The lowest BCUT2D eigenvalue weighted by atomic mass is 10.1. The molecule has 4 atom stereocenters. The van der Waals surface area contributed by atoms with Gasteiger partial charge in [-0.25, -0.2) is 8.42 Å². The van der Waals surface area contributed by atoms with Crippen molar-refractivity contribution in [2.45, 2.75) is 48.8 Å². The zero-order valence-corrected chi connectivity index (χ0v) is 16.2. The highest BCUT2D eigenvalue weighted by molar-refractivity contribution is 7.89. The third-order valence-corrected chi connectivity index (χ3v) is 7.76. The number of carbonyl (C=O) groups excluding carboxylic acids is 1. The quantitative estimate of drug-likeness (QED) is 0.774. The second-order valence-electron chi connectivity index (χ2n) is 7.62. The summed E-state index contributed by atoms with van der Waals surface area (Å²) in [7, 11) is -3.51. The van der Waals surface area contributed by atoms with Gasteiger partial charge in [-0.1, -0.05) is 18.2 Å². The highest BCUT2D eigenvalue weighted by atomic mass is 32.2. The molecule has 8 heteroatoms. The van der Waals surface area contributed by atoms with Crippen LogP contribution in [0.2, 0.25) is 0 Å². The van der Waals surface area contributed by atoms with Crippen LogP contribution in [0.25, 0.3) is 0 Å². The molecule has 1 unspecified atom stereocenters. The van der Waals surface area contributed by atoms with Crippen molar-refractivity contribution in [3.05, 3.63) is 30.3 Å². The summed E-state index contributed by atoms with van der Waals surface area (Å²) < 4.78 is 33.3. The minimum absolute atomic E-state index is 0.00989. The first kappa shape index (κ1) is 18.9. The Kier molecular flexibility index (Phi) is 5.50. The lowest BCUT2D eigenvalue weighted by Gasteiger charge is -2.39. The van der Waals surface area contributed by atoms with Gasteiger partial charge < -0.3 is 10.1 Å². The molecule has 0 radical (unpaired) electrons. The zero-order chi connectivity index (χ0) is 18.9. The molecule has 0 saturated carbocycles. The molecule has 3 aliphatic rings. The van der Waals surface area contributed by atoms with Crippen LogP contribution in [0.1, 0.15) is 25.7 Å². The molecule has 0 aliphatic carbocycles. The predicted molar refractivity (Wildman–Crippen MR) is 101 cm³/mol. The zero-order valence-electron chi connectivity index (χ0n) is 15.4. The number of sulfonamides is 1. The SMILES string of the molecule is O=C(C[C@H]1CCCO1)NC[C@@H]1CN(S(=O)(=O)c2ccccc2)[C@H]2CCN1C2. The van der Waals surface area contributed by atoms with Gasteiger partial charge in [-0.15, -0.1) is 0 Å². The minimum atomic E-state index is -3.51. The highest BCUT2D eigenvalue weighted by Gasteiger charge is 2.44. The van der Waals surface area contributed by atoms with Crippen LogP contribution in [-0.2, 0) is 19.6 Å². The van der Waals surface area contributed by atoms with Crippen LogP contribution < -0.4 is 5.32 Å². The number of benzene rings is 1. The van der Waals surface area contributed by atoms with Crippen LogP contribution >= 0.6 is 0 Å². The Morgan fingerprint density at radius 3 is 2.74 bits per heavy atom. The Labute approximate surface area is 160 Å². The molecule has 27 heavy (non-hydrogen) atoms. The van der Waals surface area contributed by atoms with Gasteiger partial charge in [0.2, 0.25) is 15.9 Å². The van der Waals surface area contributed by atoms with Crippen LogP contribution in [0, 0.1) is 0 Å². The number of hydrogen-bond donors (Lipinski definition) is 1. The van der Waals surface area contributed by atoms with E-state index in [1.54, 1.807) is 28.6 Å². The number of nitrogens with one attached hydrogen (secondary N) is 1. The summed E-state index contributed by atoms with van der Waals surface area (Å²) in [5.41, 5.74) is 0. The van der Waals surface area contributed by atoms with E-state index in [0.29, 0.717) is 24.4 Å². The van der Waals surface area contributed by atoms with Crippen LogP contribution in [0.3, 0.4) is 0 Å². The van der Waals surface area contributed by atoms with Gasteiger partial charge in [0.05, 0.1) is 17.4 Å². The minimum Gasteiger partial charge on any atom is -0.378 e. The molecule has 1 N–H and O–H groups in total. The average molecular weight is 394 g/mol. The molecule has 148 valence electrons. The molecule has 1 amide bonds. The Morgan fingerprint density at radius 2 is 2.00 bits per heavy atom. The normalized spacial score (nSPS) is 31.1. The van der Waals surface area contributed by atoms with E-state index in [1.165, 1.54) is 0 Å². The largest absolute Gasteiger partial charge is 0.378 e. The highest BCUT2D eigenvalue weighted by Crippen LogP contribution is 2.30. The number of ether oxygens (including phenoxy) is 1. The topological polar surface area (TPSA) is 79.0 Å². The first-order valence-corrected chi connectivity index (χ1v) is 11.2. The standard InChI is InChI=1S/C19H27N3O4S/c23-19(11-17-5-4-10-26-17)20-12-16-14-22(15-8-9-21(16)13-15)27(24,25)18-6-2-1-3-7-18/h1-3,6-7,15-17H,4-5,8-14H2,(H,20,23)/t15-,16+,17+/m0/s1. The monoisotopic (exact) mass is 393 g/mol. The van der Waals surface area contributed by atoms with Crippen LogP contribution in [0.15, 0.2) is 35.2 Å². The average Bonchev–Trinajstić information content (AvgIpc) is 3.32. The summed E-state index contributed by atoms with van der Waals surface area (Å²) in [5, 5.41) is 2.99. The van der Waals surface area contributed by atoms with Crippen LogP contribution in [-0.4, -0.2) is 74.5 Å². The molecule has 3 aliphatic heterocycles. The van der Waals surface area contributed by atoms with E-state index < -0.39 is 10.0 Å². The number of fused-ring (bicyclic) bond motifs is 2. The van der Waals surface area contributed by atoms with Gasteiger partial charge >= 0.3 is 0 Å². The molecule has 3 heterocycles. The molecule has 3 saturated heterocycles. The third kappa shape index (κ3) is 4.03. The number of rotatable bonds is 6. The lowest BCUT2D eigenvalue weighted by molar-refractivity contribution is -0.123. The maximum atomic E-state index is 13.1. The first-order chi connectivity index (χ1) is 13.0. The second kappa shape index (κ2) is 7.87. The van der Waals surface area contributed by atoms with Crippen LogP contribution in [0.4, 0.5) is 0 Å². The Bertz CT molecular complexity index is 764. The summed E-state index contributed by atoms with van der Waals surface area (Å²) in [6, 6.07) is 8.65. The predicted octanol–water partition coefficient (Wildman–Crippen LogP) is 0.819. The molecule has 1 aromatic rings. The van der Waals surface area contributed by atoms with E-state index in [2.05, 4.69) is 10.2 Å². The molecule has 0 aromatic heterocycles. The number of piperazine rings is 1. The Hall–Kier alpha value is -1.48. The summed E-state index contributed by atoms with van der Waals surface area (Å²) in [6.45, 7) is 3.24. The van der Waals surface area contributed by atoms with Gasteiger partial charge in [0, 0.05) is 44.9 Å². The van der Waals surface area contributed by atoms with Gasteiger partial charge in [0.1, 0.15) is 0 Å². The van der Waals surface area contributed by atoms with E-state index >= 15 is 0 Å². The van der Waals surface area contributed by atoms with E-state index in [0.717, 1.165) is 39.0 Å². The van der Waals surface area contributed by atoms with Crippen molar-refractivity contribution in [3.8, 4) is 0 Å². The Morgan fingerprint density at radius 1 is 1.19 bits per heavy atom.